The average molecular weight is 248 g/mol. The number of nitrogens with one attached hydrogen (secondary N) is 1. The van der Waals surface area contributed by atoms with Gasteiger partial charge in [0.2, 0.25) is 0 Å². The van der Waals surface area contributed by atoms with Gasteiger partial charge >= 0.3 is 0 Å². The average Bonchev–Trinajstić information content (AvgIpc) is 2.39. The summed E-state index contributed by atoms with van der Waals surface area (Å²) in [6.45, 7) is 3.53. The molecule has 1 aliphatic heterocycles. The van der Waals surface area contributed by atoms with Crippen molar-refractivity contribution < 1.29 is 0 Å². The Morgan fingerprint density at radius 2 is 2.11 bits per heavy atom. The van der Waals surface area contributed by atoms with Gasteiger partial charge in [0.05, 0.1) is 0 Å². The van der Waals surface area contributed by atoms with Gasteiger partial charge in [-0.25, -0.2) is 4.98 Å². The molecule has 0 saturated carbocycles. The van der Waals surface area contributed by atoms with Crippen LogP contribution in [0.4, 0.5) is 11.5 Å². The Morgan fingerprint density at radius 1 is 1.39 bits per heavy atom. The molecule has 18 heavy (non-hydrogen) atoms. The molecule has 100 valence electrons. The Morgan fingerprint density at radius 3 is 2.72 bits per heavy atom. The van der Waals surface area contributed by atoms with Crippen molar-refractivity contribution in [3.63, 3.8) is 0 Å². The van der Waals surface area contributed by atoms with E-state index in [-0.39, 0.29) is 0 Å². The summed E-state index contributed by atoms with van der Waals surface area (Å²) in [5, 5.41) is 3.10. The van der Waals surface area contributed by atoms with Crippen LogP contribution in [-0.4, -0.2) is 50.7 Å². The highest BCUT2D eigenvalue weighted by molar-refractivity contribution is 5.53. The number of pyridine rings is 1. The molecule has 1 fully saturated rings. The van der Waals surface area contributed by atoms with E-state index in [0.717, 1.165) is 24.8 Å². The zero-order valence-electron chi connectivity index (χ0n) is 11.7. The third-order valence-corrected chi connectivity index (χ3v) is 3.60. The Kier molecular flexibility index (Phi) is 4.42. The predicted molar refractivity (Wildman–Crippen MR) is 77.3 cm³/mol. The van der Waals surface area contributed by atoms with Crippen LogP contribution in [0.15, 0.2) is 18.3 Å². The van der Waals surface area contributed by atoms with Crippen LogP contribution in [-0.2, 0) is 0 Å². The first-order valence-corrected chi connectivity index (χ1v) is 6.72. The van der Waals surface area contributed by atoms with Gasteiger partial charge < -0.3 is 15.1 Å². The maximum Gasteiger partial charge on any atom is 0.127 e. The van der Waals surface area contributed by atoms with E-state index in [4.69, 9.17) is 0 Å². The fraction of sp³-hybridized carbons (Fsp3) is 0.643. The molecule has 0 amide bonds. The molecule has 0 unspecified atom stereocenters. The van der Waals surface area contributed by atoms with Crippen LogP contribution in [0, 0.1) is 5.92 Å². The monoisotopic (exact) mass is 248 g/mol. The van der Waals surface area contributed by atoms with E-state index in [1.807, 2.05) is 13.2 Å². The highest BCUT2D eigenvalue weighted by Crippen LogP contribution is 2.24. The van der Waals surface area contributed by atoms with E-state index in [2.05, 4.69) is 46.3 Å². The molecular weight excluding hydrogens is 224 g/mol. The molecule has 0 bridgehead atoms. The quantitative estimate of drug-likeness (QED) is 0.882. The third kappa shape index (κ3) is 3.35. The van der Waals surface area contributed by atoms with Crippen LogP contribution in [0.2, 0.25) is 0 Å². The van der Waals surface area contributed by atoms with Gasteiger partial charge in [-0.15, -0.1) is 0 Å². The molecule has 1 aromatic rings. The van der Waals surface area contributed by atoms with Crippen LogP contribution in [0.3, 0.4) is 0 Å². The largest absolute Gasteiger partial charge is 0.373 e. The van der Waals surface area contributed by atoms with Gasteiger partial charge in [0.1, 0.15) is 5.82 Å². The first-order valence-electron chi connectivity index (χ1n) is 6.72. The van der Waals surface area contributed by atoms with Crippen LogP contribution in [0.5, 0.6) is 0 Å². The molecule has 2 rings (SSSR count). The lowest BCUT2D eigenvalue weighted by molar-refractivity contribution is 0.285. The van der Waals surface area contributed by atoms with Crippen molar-refractivity contribution >= 4 is 11.5 Å². The topological polar surface area (TPSA) is 31.4 Å². The highest BCUT2D eigenvalue weighted by Gasteiger charge is 2.19. The third-order valence-electron chi connectivity index (χ3n) is 3.60. The summed E-state index contributed by atoms with van der Waals surface area (Å²) < 4.78 is 0. The lowest BCUT2D eigenvalue weighted by Crippen LogP contribution is -2.37. The van der Waals surface area contributed by atoms with Crippen LogP contribution < -0.4 is 10.2 Å². The minimum absolute atomic E-state index is 0.849. The summed E-state index contributed by atoms with van der Waals surface area (Å²) in [7, 11) is 6.23. The van der Waals surface area contributed by atoms with E-state index in [0.29, 0.717) is 0 Å². The summed E-state index contributed by atoms with van der Waals surface area (Å²) in [4.78, 5) is 9.03. The Bertz CT molecular complexity index is 370. The predicted octanol–water partition coefficient (Wildman–Crippen LogP) is 1.90. The summed E-state index contributed by atoms with van der Waals surface area (Å²) in [6.07, 6.45) is 4.46. The van der Waals surface area contributed by atoms with E-state index in [1.165, 1.54) is 25.1 Å². The lowest BCUT2D eigenvalue weighted by atomic mass is 9.96. The highest BCUT2D eigenvalue weighted by atomic mass is 15.1. The number of nitrogens with zero attached hydrogens (tertiary/aromatic N) is 3. The van der Waals surface area contributed by atoms with Crippen molar-refractivity contribution in [2.24, 2.45) is 5.92 Å². The molecule has 0 atom stereocenters. The maximum atomic E-state index is 4.26. The van der Waals surface area contributed by atoms with Crippen molar-refractivity contribution in [3.8, 4) is 0 Å². The van der Waals surface area contributed by atoms with Crippen molar-refractivity contribution in [1.82, 2.24) is 9.88 Å². The summed E-state index contributed by atoms with van der Waals surface area (Å²) in [5.74, 6) is 1.80. The number of hydrogen-bond acceptors (Lipinski definition) is 4. The minimum atomic E-state index is 0.849. The maximum absolute atomic E-state index is 4.26. The van der Waals surface area contributed by atoms with Crippen LogP contribution in [0.25, 0.3) is 0 Å². The van der Waals surface area contributed by atoms with Crippen molar-refractivity contribution in [1.29, 1.82) is 0 Å². The standard InChI is InChI=1S/C14H24N4/c1-15-14-10-13(4-7-16-14)18-8-5-12(6-9-18)11-17(2)3/h4,7,10,12H,5-6,8-9,11H2,1-3H3,(H,15,16). The fourth-order valence-electron chi connectivity index (χ4n) is 2.64. The second-order valence-corrected chi connectivity index (χ2v) is 5.34. The molecular formula is C14H24N4. The second-order valence-electron chi connectivity index (χ2n) is 5.34. The van der Waals surface area contributed by atoms with Gasteiger partial charge in [-0.3, -0.25) is 0 Å². The molecule has 2 heterocycles. The lowest BCUT2D eigenvalue weighted by Gasteiger charge is -2.34. The summed E-state index contributed by atoms with van der Waals surface area (Å²) >= 11 is 0. The van der Waals surface area contributed by atoms with Gasteiger partial charge in [-0.05, 0) is 38.9 Å². The SMILES string of the molecule is CNc1cc(N2CCC(CN(C)C)CC2)ccn1. The zero-order valence-corrected chi connectivity index (χ0v) is 11.7. The van der Waals surface area contributed by atoms with E-state index in [9.17, 15) is 0 Å². The smallest absolute Gasteiger partial charge is 0.127 e. The van der Waals surface area contributed by atoms with Gasteiger partial charge in [-0.2, -0.15) is 0 Å². The van der Waals surface area contributed by atoms with Crippen LogP contribution in [0.1, 0.15) is 12.8 Å². The molecule has 0 aliphatic carbocycles. The minimum Gasteiger partial charge on any atom is -0.373 e. The van der Waals surface area contributed by atoms with E-state index in [1.54, 1.807) is 0 Å². The number of hydrogen-bond donors (Lipinski definition) is 1. The van der Waals surface area contributed by atoms with E-state index < -0.39 is 0 Å². The molecule has 1 aliphatic rings. The zero-order chi connectivity index (χ0) is 13.0. The molecule has 1 aromatic heterocycles. The first kappa shape index (κ1) is 13.1. The fourth-order valence-corrected chi connectivity index (χ4v) is 2.64. The molecule has 4 heteroatoms. The number of anilines is 2. The normalized spacial score (nSPS) is 17.2. The van der Waals surface area contributed by atoms with Crippen molar-refractivity contribution in [3.05, 3.63) is 18.3 Å². The van der Waals surface area contributed by atoms with Crippen molar-refractivity contribution in [2.45, 2.75) is 12.8 Å². The first-order chi connectivity index (χ1) is 8.69. The Hall–Kier alpha value is -1.29. The number of aromatic nitrogens is 1. The summed E-state index contributed by atoms with van der Waals surface area (Å²) in [6, 6.07) is 4.24. The Labute approximate surface area is 110 Å². The van der Waals surface area contributed by atoms with Crippen LogP contribution >= 0.6 is 0 Å². The van der Waals surface area contributed by atoms with E-state index >= 15 is 0 Å². The number of rotatable bonds is 4. The molecule has 0 spiro atoms. The van der Waals surface area contributed by atoms with Crippen molar-refractivity contribution in [2.75, 3.05) is 51.0 Å². The molecule has 4 nitrogen and oxygen atoms in total. The molecule has 1 saturated heterocycles. The van der Waals surface area contributed by atoms with Gasteiger partial charge in [0, 0.05) is 44.6 Å². The second kappa shape index (κ2) is 6.05. The molecule has 0 aromatic carbocycles. The Balaban J connectivity index is 1.92. The van der Waals surface area contributed by atoms with Gasteiger partial charge in [0.15, 0.2) is 0 Å². The van der Waals surface area contributed by atoms with Gasteiger partial charge in [0.25, 0.3) is 0 Å². The molecule has 0 radical (unpaired) electrons. The number of piperidine rings is 1. The molecule has 1 N–H and O–H groups in total. The van der Waals surface area contributed by atoms with Gasteiger partial charge in [-0.1, -0.05) is 0 Å². The summed E-state index contributed by atoms with van der Waals surface area (Å²) in [5.41, 5.74) is 1.29.